The van der Waals surface area contributed by atoms with Gasteiger partial charge >= 0.3 is 0 Å². The van der Waals surface area contributed by atoms with Crippen LogP contribution in [-0.4, -0.2) is 28.5 Å². The maximum atomic E-state index is 13.0. The molecule has 0 radical (unpaired) electrons. The fraction of sp³-hybridized carbons (Fsp3) is 0.150. The zero-order valence-corrected chi connectivity index (χ0v) is 15.6. The average molecular weight is 384 g/mol. The molecule has 3 amide bonds. The highest BCUT2D eigenvalue weighted by Gasteiger charge is 2.36. The highest BCUT2D eigenvalue weighted by atomic mass is 32.2. The molecule has 0 bridgehead atoms. The van der Waals surface area contributed by atoms with E-state index in [-0.39, 0.29) is 17.3 Å². The van der Waals surface area contributed by atoms with Gasteiger partial charge in [0.2, 0.25) is 5.91 Å². The van der Waals surface area contributed by atoms with Crippen LogP contribution in [0.3, 0.4) is 0 Å². The minimum absolute atomic E-state index is 0.200. The van der Waals surface area contributed by atoms with Crippen LogP contribution < -0.4 is 5.32 Å². The van der Waals surface area contributed by atoms with Gasteiger partial charge in [0.05, 0.1) is 4.91 Å². The number of nitrogens with one attached hydrogen (secondary N) is 1. The SMILES string of the molecule is Cc1cccc(NC(=O)CN2C(=O)S/C(=C/c3ccc(F)cc3)C2=O)c1C. The Kier molecular flexibility index (Phi) is 5.41. The molecule has 27 heavy (non-hydrogen) atoms. The van der Waals surface area contributed by atoms with Crippen molar-refractivity contribution in [3.63, 3.8) is 0 Å². The molecule has 1 fully saturated rings. The Hall–Kier alpha value is -2.93. The Balaban J connectivity index is 1.71. The summed E-state index contributed by atoms with van der Waals surface area (Å²) >= 11 is 0.760. The molecule has 1 saturated heterocycles. The van der Waals surface area contributed by atoms with Crippen LogP contribution >= 0.6 is 11.8 Å². The van der Waals surface area contributed by atoms with Crippen molar-refractivity contribution in [2.75, 3.05) is 11.9 Å². The van der Waals surface area contributed by atoms with E-state index in [1.807, 2.05) is 26.0 Å². The molecule has 1 heterocycles. The van der Waals surface area contributed by atoms with E-state index >= 15 is 0 Å². The van der Waals surface area contributed by atoms with Crippen molar-refractivity contribution in [2.45, 2.75) is 13.8 Å². The normalized spacial score (nSPS) is 15.5. The van der Waals surface area contributed by atoms with Gasteiger partial charge in [-0.1, -0.05) is 24.3 Å². The number of benzene rings is 2. The number of hydrogen-bond acceptors (Lipinski definition) is 4. The third-order valence-electron chi connectivity index (χ3n) is 4.22. The zero-order valence-electron chi connectivity index (χ0n) is 14.8. The van der Waals surface area contributed by atoms with Gasteiger partial charge in [-0.15, -0.1) is 0 Å². The number of thioether (sulfide) groups is 1. The van der Waals surface area contributed by atoms with E-state index in [1.54, 1.807) is 6.07 Å². The molecule has 3 rings (SSSR count). The lowest BCUT2D eigenvalue weighted by Crippen LogP contribution is -2.36. The van der Waals surface area contributed by atoms with Crippen LogP contribution in [0.15, 0.2) is 47.4 Å². The van der Waals surface area contributed by atoms with E-state index in [0.717, 1.165) is 27.8 Å². The fourth-order valence-electron chi connectivity index (χ4n) is 2.57. The zero-order chi connectivity index (χ0) is 19.6. The number of amides is 3. The topological polar surface area (TPSA) is 66.5 Å². The Labute approximate surface area is 160 Å². The molecular formula is C20H17FN2O3S. The Morgan fingerprint density at radius 2 is 1.85 bits per heavy atom. The number of nitrogens with zero attached hydrogens (tertiary/aromatic N) is 1. The lowest BCUT2D eigenvalue weighted by molar-refractivity contribution is -0.127. The number of carbonyl (C=O) groups excluding carboxylic acids is 3. The summed E-state index contributed by atoms with van der Waals surface area (Å²) < 4.78 is 13.0. The van der Waals surface area contributed by atoms with E-state index in [2.05, 4.69) is 5.32 Å². The molecule has 2 aromatic rings. The second-order valence-electron chi connectivity index (χ2n) is 6.12. The molecular weight excluding hydrogens is 367 g/mol. The number of carbonyl (C=O) groups is 3. The first kappa shape index (κ1) is 18.8. The Bertz CT molecular complexity index is 954. The first-order valence-electron chi connectivity index (χ1n) is 8.22. The van der Waals surface area contributed by atoms with Crippen LogP contribution in [0.1, 0.15) is 16.7 Å². The number of hydrogen-bond donors (Lipinski definition) is 1. The van der Waals surface area contributed by atoms with Gasteiger partial charge in [-0.25, -0.2) is 4.39 Å². The summed E-state index contributed by atoms with van der Waals surface area (Å²) in [4.78, 5) is 38.0. The fourth-order valence-corrected chi connectivity index (χ4v) is 3.40. The van der Waals surface area contributed by atoms with Gasteiger partial charge in [-0.3, -0.25) is 19.3 Å². The maximum Gasteiger partial charge on any atom is 0.294 e. The standard InChI is InChI=1S/C20H17FN2O3S/c1-12-4-3-5-16(13(12)2)22-18(24)11-23-19(25)17(27-20(23)26)10-14-6-8-15(21)9-7-14/h3-10H,11H2,1-2H3,(H,22,24)/b17-10+. The van der Waals surface area contributed by atoms with Crippen molar-refractivity contribution in [2.24, 2.45) is 0 Å². The van der Waals surface area contributed by atoms with Crippen molar-refractivity contribution >= 4 is 40.6 Å². The number of halogens is 1. The largest absolute Gasteiger partial charge is 0.324 e. The second-order valence-corrected chi connectivity index (χ2v) is 7.11. The van der Waals surface area contributed by atoms with E-state index < -0.39 is 17.1 Å². The van der Waals surface area contributed by atoms with Crippen LogP contribution in [0.4, 0.5) is 14.9 Å². The van der Waals surface area contributed by atoms with Crippen LogP contribution in [0.25, 0.3) is 6.08 Å². The lowest BCUT2D eigenvalue weighted by atomic mass is 10.1. The molecule has 1 aliphatic rings. The van der Waals surface area contributed by atoms with Crippen molar-refractivity contribution < 1.29 is 18.8 Å². The second kappa shape index (κ2) is 7.75. The molecule has 0 unspecified atom stereocenters. The van der Waals surface area contributed by atoms with Crippen LogP contribution in [0.2, 0.25) is 0 Å². The van der Waals surface area contributed by atoms with E-state index in [1.165, 1.54) is 30.3 Å². The third-order valence-corrected chi connectivity index (χ3v) is 5.13. The van der Waals surface area contributed by atoms with E-state index in [0.29, 0.717) is 11.3 Å². The summed E-state index contributed by atoms with van der Waals surface area (Å²) in [6.45, 7) is 3.46. The van der Waals surface area contributed by atoms with Crippen LogP contribution in [0.5, 0.6) is 0 Å². The molecule has 0 saturated carbocycles. The van der Waals surface area contributed by atoms with Crippen molar-refractivity contribution in [1.82, 2.24) is 4.90 Å². The molecule has 138 valence electrons. The maximum absolute atomic E-state index is 13.0. The summed E-state index contributed by atoms with van der Waals surface area (Å²) in [5.74, 6) is -1.37. The van der Waals surface area contributed by atoms with Gasteiger partial charge in [-0.2, -0.15) is 0 Å². The monoisotopic (exact) mass is 384 g/mol. The third kappa shape index (κ3) is 4.25. The van der Waals surface area contributed by atoms with Gasteiger partial charge in [0.25, 0.3) is 11.1 Å². The van der Waals surface area contributed by atoms with Gasteiger partial charge in [0.1, 0.15) is 12.4 Å². The number of anilines is 1. The van der Waals surface area contributed by atoms with Crippen LogP contribution in [-0.2, 0) is 9.59 Å². The van der Waals surface area contributed by atoms with Gasteiger partial charge in [0.15, 0.2) is 0 Å². The van der Waals surface area contributed by atoms with Gasteiger partial charge in [0, 0.05) is 5.69 Å². The highest BCUT2D eigenvalue weighted by molar-refractivity contribution is 8.18. The van der Waals surface area contributed by atoms with E-state index in [9.17, 15) is 18.8 Å². The molecule has 0 aliphatic carbocycles. The molecule has 2 aromatic carbocycles. The summed E-state index contributed by atoms with van der Waals surface area (Å²) in [7, 11) is 0. The molecule has 1 aliphatic heterocycles. The van der Waals surface area contributed by atoms with Crippen molar-refractivity contribution in [3.05, 3.63) is 69.9 Å². The van der Waals surface area contributed by atoms with Crippen LogP contribution in [0, 0.1) is 19.7 Å². The molecule has 0 aromatic heterocycles. The highest BCUT2D eigenvalue weighted by Crippen LogP contribution is 2.32. The predicted molar refractivity (Wildman–Crippen MR) is 104 cm³/mol. The summed E-state index contributed by atoms with van der Waals surface area (Å²) in [6, 6.07) is 11.1. The first-order chi connectivity index (χ1) is 12.8. The number of rotatable bonds is 4. The first-order valence-corrected chi connectivity index (χ1v) is 9.04. The van der Waals surface area contributed by atoms with Crippen molar-refractivity contribution in [3.8, 4) is 0 Å². The molecule has 0 spiro atoms. The number of imide groups is 1. The minimum Gasteiger partial charge on any atom is -0.324 e. The smallest absolute Gasteiger partial charge is 0.294 e. The van der Waals surface area contributed by atoms with Gasteiger partial charge < -0.3 is 5.32 Å². The molecule has 0 atom stereocenters. The summed E-state index contributed by atoms with van der Waals surface area (Å²) in [5, 5.41) is 2.22. The van der Waals surface area contributed by atoms with Gasteiger partial charge in [-0.05, 0) is 66.6 Å². The Morgan fingerprint density at radius 3 is 2.56 bits per heavy atom. The summed E-state index contributed by atoms with van der Waals surface area (Å²) in [6.07, 6.45) is 1.51. The lowest BCUT2D eigenvalue weighted by Gasteiger charge is -2.14. The molecule has 1 N–H and O–H groups in total. The number of aryl methyl sites for hydroxylation is 1. The summed E-state index contributed by atoms with van der Waals surface area (Å²) in [5.41, 5.74) is 3.20. The molecule has 5 nitrogen and oxygen atoms in total. The Morgan fingerprint density at radius 1 is 1.15 bits per heavy atom. The van der Waals surface area contributed by atoms with Crippen molar-refractivity contribution in [1.29, 1.82) is 0 Å². The van der Waals surface area contributed by atoms with E-state index in [4.69, 9.17) is 0 Å². The molecule has 7 heteroatoms. The minimum atomic E-state index is -0.537. The quantitative estimate of drug-likeness (QED) is 0.806. The average Bonchev–Trinajstić information content (AvgIpc) is 2.88. The predicted octanol–water partition coefficient (Wildman–Crippen LogP) is 4.12.